The van der Waals surface area contributed by atoms with Gasteiger partial charge in [-0.2, -0.15) is 5.10 Å². The molecule has 0 fully saturated rings. The lowest BCUT2D eigenvalue weighted by atomic mass is 10.00. The van der Waals surface area contributed by atoms with E-state index in [0.717, 1.165) is 28.2 Å². The van der Waals surface area contributed by atoms with E-state index in [2.05, 4.69) is 70.0 Å². The third-order valence-electron chi connectivity index (χ3n) is 6.23. The third kappa shape index (κ3) is 5.15. The van der Waals surface area contributed by atoms with Gasteiger partial charge in [0.1, 0.15) is 0 Å². The Labute approximate surface area is 211 Å². The molecule has 0 spiro atoms. The van der Waals surface area contributed by atoms with Crippen molar-refractivity contribution in [2.75, 3.05) is 10.6 Å². The van der Waals surface area contributed by atoms with Gasteiger partial charge in [0.2, 0.25) is 0 Å². The molecule has 0 saturated carbocycles. The number of hydrogen-bond donors (Lipinski definition) is 3. The van der Waals surface area contributed by atoms with E-state index in [1.54, 1.807) is 0 Å². The first-order valence-electron chi connectivity index (χ1n) is 12.0. The first-order valence-corrected chi connectivity index (χ1v) is 12.0. The van der Waals surface area contributed by atoms with Gasteiger partial charge in [0.25, 0.3) is 0 Å². The van der Waals surface area contributed by atoms with Gasteiger partial charge in [0.05, 0.1) is 17.9 Å². The molecule has 0 aliphatic carbocycles. The Bertz CT molecular complexity index is 1480. The van der Waals surface area contributed by atoms with Gasteiger partial charge in [0, 0.05) is 17.8 Å². The Morgan fingerprint density at radius 2 is 1.28 bits per heavy atom. The summed E-state index contributed by atoms with van der Waals surface area (Å²) in [5.41, 5.74) is 21.8. The molecule has 5 aromatic carbocycles. The molecule has 0 aliphatic heterocycles. The van der Waals surface area contributed by atoms with E-state index in [0.29, 0.717) is 18.9 Å². The van der Waals surface area contributed by atoms with E-state index >= 15 is 0 Å². The zero-order valence-corrected chi connectivity index (χ0v) is 20.0. The smallest absolute Gasteiger partial charge is 0.150 e. The van der Waals surface area contributed by atoms with E-state index in [1.807, 2.05) is 66.7 Å². The Morgan fingerprint density at radius 3 is 1.97 bits per heavy atom. The molecule has 0 radical (unpaired) electrons. The van der Waals surface area contributed by atoms with Crippen LogP contribution in [-0.4, -0.2) is 5.84 Å². The van der Waals surface area contributed by atoms with Crippen LogP contribution in [0.1, 0.15) is 16.7 Å². The van der Waals surface area contributed by atoms with E-state index < -0.39 is 0 Å². The van der Waals surface area contributed by atoms with Crippen LogP contribution in [-0.2, 0) is 13.1 Å². The van der Waals surface area contributed by atoms with Gasteiger partial charge in [-0.25, -0.2) is 0 Å². The van der Waals surface area contributed by atoms with Crippen LogP contribution >= 0.6 is 0 Å². The number of hydrazone groups is 1. The zero-order valence-electron chi connectivity index (χ0n) is 20.0. The highest BCUT2D eigenvalue weighted by Crippen LogP contribution is 2.33. The first kappa shape index (κ1) is 23.0. The number of rotatable bonds is 8. The molecule has 5 nitrogen and oxygen atoms in total. The van der Waals surface area contributed by atoms with Gasteiger partial charge in [-0.05, 0) is 58.3 Å². The summed E-state index contributed by atoms with van der Waals surface area (Å²) in [6.45, 7) is 1.19. The Balaban J connectivity index is 1.51. The van der Waals surface area contributed by atoms with E-state index in [4.69, 9.17) is 11.5 Å². The van der Waals surface area contributed by atoms with Crippen LogP contribution < -0.4 is 21.8 Å². The maximum atomic E-state index is 6.42. The number of amidine groups is 1. The highest BCUT2D eigenvalue weighted by atomic mass is 15.3. The topological polar surface area (TPSA) is 79.7 Å². The minimum absolute atomic E-state index is 0.459. The molecule has 5 N–H and O–H groups in total. The minimum Gasteiger partial charge on any atom is -0.397 e. The summed E-state index contributed by atoms with van der Waals surface area (Å²) in [6, 6.07) is 41.0. The molecule has 0 atom stereocenters. The van der Waals surface area contributed by atoms with E-state index in [9.17, 15) is 0 Å². The van der Waals surface area contributed by atoms with Crippen LogP contribution in [0, 0.1) is 0 Å². The van der Waals surface area contributed by atoms with Crippen molar-refractivity contribution in [3.8, 4) is 0 Å². The average molecular weight is 472 g/mol. The maximum Gasteiger partial charge on any atom is 0.150 e. The quantitative estimate of drug-likeness (QED) is 0.109. The van der Waals surface area contributed by atoms with Crippen molar-refractivity contribution in [3.63, 3.8) is 0 Å². The molecule has 0 heterocycles. The molecule has 36 heavy (non-hydrogen) atoms. The second kappa shape index (κ2) is 10.7. The molecular formula is C31H29N5. The second-order valence-corrected chi connectivity index (χ2v) is 8.65. The van der Waals surface area contributed by atoms with E-state index in [-0.39, 0.29) is 0 Å². The van der Waals surface area contributed by atoms with Crippen molar-refractivity contribution >= 4 is 33.7 Å². The zero-order chi connectivity index (χ0) is 24.7. The van der Waals surface area contributed by atoms with Gasteiger partial charge in [-0.3, -0.25) is 0 Å². The summed E-state index contributed by atoms with van der Waals surface area (Å²) in [4.78, 5) is 2.25. The predicted octanol–water partition coefficient (Wildman–Crippen LogP) is 6.17. The lowest BCUT2D eigenvalue weighted by Crippen LogP contribution is -2.21. The number of nitrogens with one attached hydrogen (secondary N) is 1. The van der Waals surface area contributed by atoms with Crippen LogP contribution in [0.4, 0.5) is 17.1 Å². The molecule has 178 valence electrons. The van der Waals surface area contributed by atoms with Crippen molar-refractivity contribution < 1.29 is 0 Å². The lowest BCUT2D eigenvalue weighted by molar-refractivity contribution is 0.734. The predicted molar refractivity (Wildman–Crippen MR) is 151 cm³/mol. The third-order valence-corrected chi connectivity index (χ3v) is 6.23. The minimum atomic E-state index is 0.459. The van der Waals surface area contributed by atoms with Crippen LogP contribution in [0.15, 0.2) is 126 Å². The normalized spacial score (nSPS) is 11.4. The molecular weight excluding hydrogens is 442 g/mol. The maximum absolute atomic E-state index is 6.42. The van der Waals surface area contributed by atoms with Gasteiger partial charge in [0.15, 0.2) is 5.84 Å². The van der Waals surface area contributed by atoms with Crippen molar-refractivity contribution in [1.29, 1.82) is 0 Å². The number of nitrogen functional groups attached to an aromatic ring is 1. The summed E-state index contributed by atoms with van der Waals surface area (Å²) < 4.78 is 0. The fourth-order valence-corrected chi connectivity index (χ4v) is 4.36. The molecule has 0 saturated heterocycles. The average Bonchev–Trinajstić information content (AvgIpc) is 2.93. The van der Waals surface area contributed by atoms with Gasteiger partial charge in [-0.15, -0.1) is 0 Å². The Hall–Kier alpha value is -4.77. The number of hydrogen-bond acceptors (Lipinski definition) is 4. The van der Waals surface area contributed by atoms with Crippen molar-refractivity contribution in [2.45, 2.75) is 13.1 Å². The molecule has 0 bridgehead atoms. The summed E-state index contributed by atoms with van der Waals surface area (Å²) in [7, 11) is 0. The molecule has 5 rings (SSSR count). The number of para-hydroxylation sites is 3. The van der Waals surface area contributed by atoms with Crippen molar-refractivity contribution in [3.05, 3.63) is 138 Å². The largest absolute Gasteiger partial charge is 0.397 e. The number of nitrogens with two attached hydrogens (primary N) is 2. The highest BCUT2D eigenvalue weighted by molar-refractivity contribution is 5.97. The van der Waals surface area contributed by atoms with Crippen LogP contribution in [0.25, 0.3) is 10.8 Å². The molecule has 0 aromatic heterocycles. The first-order chi connectivity index (χ1) is 17.7. The molecule has 5 heteroatoms. The number of fused-ring (bicyclic) bond motifs is 1. The molecule has 0 aliphatic rings. The fourth-order valence-electron chi connectivity index (χ4n) is 4.36. The van der Waals surface area contributed by atoms with Crippen molar-refractivity contribution in [1.82, 2.24) is 5.43 Å². The fraction of sp³-hybridized carbons (Fsp3) is 0.0645. The van der Waals surface area contributed by atoms with Gasteiger partial charge in [-0.1, -0.05) is 84.9 Å². The number of nitrogens with zero attached hydrogens (tertiary/aromatic N) is 2. The molecule has 0 unspecified atom stereocenters. The van der Waals surface area contributed by atoms with Gasteiger partial charge < -0.3 is 21.8 Å². The standard InChI is InChI=1S/C31H29N5/c32-29-17-9-10-18-30(29)36(28-15-5-2-6-16-28)22-27-20-25-14-8-7-13-24(25)19-26(27)21-34-35-31(33)23-11-3-1-4-12-23/h1-20,34H,21-22,32H2,(H2,33,35). The summed E-state index contributed by atoms with van der Waals surface area (Å²) >= 11 is 0. The van der Waals surface area contributed by atoms with Gasteiger partial charge >= 0.3 is 0 Å². The van der Waals surface area contributed by atoms with Crippen molar-refractivity contribution in [2.24, 2.45) is 10.8 Å². The van der Waals surface area contributed by atoms with Crippen LogP contribution in [0.2, 0.25) is 0 Å². The Morgan fingerprint density at radius 1 is 0.694 bits per heavy atom. The molecule has 5 aromatic rings. The van der Waals surface area contributed by atoms with Crippen LogP contribution in [0.5, 0.6) is 0 Å². The summed E-state index contributed by atoms with van der Waals surface area (Å²) in [5.74, 6) is 0.459. The van der Waals surface area contributed by atoms with Crippen LogP contribution in [0.3, 0.4) is 0 Å². The molecule has 0 amide bonds. The highest BCUT2D eigenvalue weighted by Gasteiger charge is 2.15. The summed E-state index contributed by atoms with van der Waals surface area (Å²) in [6.07, 6.45) is 0. The SMILES string of the molecule is N/C(=N\NCc1cc2ccccc2cc1CN(c1ccccc1)c1ccccc1N)c1ccccc1. The number of anilines is 3. The lowest BCUT2D eigenvalue weighted by Gasteiger charge is -2.28. The number of benzene rings is 5. The van der Waals surface area contributed by atoms with E-state index in [1.165, 1.54) is 16.3 Å². The summed E-state index contributed by atoms with van der Waals surface area (Å²) in [5, 5.41) is 6.81. The monoisotopic (exact) mass is 471 g/mol. The second-order valence-electron chi connectivity index (χ2n) is 8.65. The Kier molecular flexibility index (Phi) is 6.81.